The van der Waals surface area contributed by atoms with Crippen LogP contribution in [0.15, 0.2) is 46.4 Å². The standard InChI is InChI=1S/C23H24N6O2S/c30-21-20(32-23(31)28-21)12-17-5-8-25-22(27-17)29-9-6-15(7-10-29)13-24-14-18-11-16-3-1-2-4-19(16)26-18/h1-5,8,12,15,24H,6-7,9-11,13-14H2,(H,28,30,31)/b20-12-. The Balaban J connectivity index is 1.10. The molecule has 0 spiro atoms. The number of nitrogens with one attached hydrogen (secondary N) is 2. The van der Waals surface area contributed by atoms with E-state index in [2.05, 4.69) is 43.7 Å². The second-order valence-corrected chi connectivity index (χ2v) is 9.19. The van der Waals surface area contributed by atoms with Crippen LogP contribution >= 0.6 is 11.8 Å². The average molecular weight is 449 g/mol. The zero-order chi connectivity index (χ0) is 21.9. The lowest BCUT2D eigenvalue weighted by atomic mass is 9.97. The van der Waals surface area contributed by atoms with Crippen molar-refractivity contribution in [3.8, 4) is 0 Å². The van der Waals surface area contributed by atoms with Crippen LogP contribution in [0.5, 0.6) is 0 Å². The van der Waals surface area contributed by atoms with Crippen LogP contribution in [-0.4, -0.2) is 53.0 Å². The predicted molar refractivity (Wildman–Crippen MR) is 126 cm³/mol. The highest BCUT2D eigenvalue weighted by atomic mass is 32.2. The van der Waals surface area contributed by atoms with Gasteiger partial charge < -0.3 is 10.2 Å². The van der Waals surface area contributed by atoms with Gasteiger partial charge in [0.25, 0.3) is 11.1 Å². The quantitative estimate of drug-likeness (QED) is 0.656. The molecule has 3 aliphatic heterocycles. The monoisotopic (exact) mass is 448 g/mol. The highest BCUT2D eigenvalue weighted by Crippen LogP contribution is 2.27. The number of anilines is 1. The number of carbonyl (C=O) groups excluding carboxylic acids is 2. The third-order valence-electron chi connectivity index (χ3n) is 5.91. The van der Waals surface area contributed by atoms with Gasteiger partial charge in [-0.1, -0.05) is 18.2 Å². The molecule has 8 nitrogen and oxygen atoms in total. The van der Waals surface area contributed by atoms with Gasteiger partial charge in [-0.3, -0.25) is 19.9 Å². The first kappa shape index (κ1) is 20.8. The lowest BCUT2D eigenvalue weighted by Crippen LogP contribution is -2.39. The molecule has 2 saturated heterocycles. The van der Waals surface area contributed by atoms with Crippen LogP contribution in [0, 0.1) is 5.92 Å². The molecule has 3 aliphatic rings. The molecule has 0 unspecified atom stereocenters. The molecule has 32 heavy (non-hydrogen) atoms. The molecule has 1 aromatic heterocycles. The molecule has 2 aromatic rings. The first-order valence-corrected chi connectivity index (χ1v) is 11.6. The minimum atomic E-state index is -0.374. The van der Waals surface area contributed by atoms with E-state index in [4.69, 9.17) is 4.99 Å². The van der Waals surface area contributed by atoms with Crippen LogP contribution in [0.4, 0.5) is 16.4 Å². The SMILES string of the molecule is O=C1NC(=O)/C(=C/c2ccnc(N3CCC(CNCC4=Nc5ccccc5C4)CC3)n2)S1. The molecule has 5 rings (SSSR count). The third-order valence-corrected chi connectivity index (χ3v) is 6.72. The second kappa shape index (κ2) is 9.22. The number of thioether (sulfide) groups is 1. The molecular formula is C23H24N6O2S. The molecule has 0 bridgehead atoms. The van der Waals surface area contributed by atoms with Crippen LogP contribution < -0.4 is 15.5 Å². The summed E-state index contributed by atoms with van der Waals surface area (Å²) in [6, 6.07) is 10.1. The Labute approximate surface area is 190 Å². The van der Waals surface area contributed by atoms with Crippen LogP contribution in [0.1, 0.15) is 24.1 Å². The van der Waals surface area contributed by atoms with E-state index >= 15 is 0 Å². The van der Waals surface area contributed by atoms with E-state index in [1.165, 1.54) is 11.3 Å². The van der Waals surface area contributed by atoms with Crippen LogP contribution in [0.2, 0.25) is 0 Å². The Kier molecular flexibility index (Phi) is 6.00. The maximum absolute atomic E-state index is 11.8. The fourth-order valence-corrected chi connectivity index (χ4v) is 4.88. The highest BCUT2D eigenvalue weighted by Gasteiger charge is 2.26. The van der Waals surface area contributed by atoms with Gasteiger partial charge >= 0.3 is 0 Å². The van der Waals surface area contributed by atoms with Crippen molar-refractivity contribution in [3.05, 3.63) is 52.7 Å². The minimum Gasteiger partial charge on any atom is -0.341 e. The summed E-state index contributed by atoms with van der Waals surface area (Å²) >= 11 is 0.895. The van der Waals surface area contributed by atoms with Crippen LogP contribution in [0.25, 0.3) is 6.08 Å². The molecule has 9 heteroatoms. The number of amides is 2. The van der Waals surface area contributed by atoms with E-state index in [9.17, 15) is 9.59 Å². The summed E-state index contributed by atoms with van der Waals surface area (Å²) in [5.41, 5.74) is 4.26. The van der Waals surface area contributed by atoms with Gasteiger partial charge in [0.2, 0.25) is 5.95 Å². The van der Waals surface area contributed by atoms with Gasteiger partial charge in [-0.15, -0.1) is 0 Å². The van der Waals surface area contributed by atoms with E-state index in [1.54, 1.807) is 18.3 Å². The van der Waals surface area contributed by atoms with Gasteiger partial charge in [-0.05, 0) is 60.8 Å². The van der Waals surface area contributed by atoms with Crippen LogP contribution in [0.3, 0.4) is 0 Å². The highest BCUT2D eigenvalue weighted by molar-refractivity contribution is 8.18. The number of imide groups is 1. The fourth-order valence-electron chi connectivity index (χ4n) is 4.21. The summed E-state index contributed by atoms with van der Waals surface area (Å²) in [7, 11) is 0. The molecule has 0 atom stereocenters. The minimum absolute atomic E-state index is 0.351. The van der Waals surface area contributed by atoms with Crippen molar-refractivity contribution in [3.63, 3.8) is 0 Å². The Morgan fingerprint density at radius 1 is 1.19 bits per heavy atom. The number of hydrogen-bond acceptors (Lipinski definition) is 8. The van der Waals surface area contributed by atoms with Gasteiger partial charge in [0, 0.05) is 38.0 Å². The third kappa shape index (κ3) is 4.73. The van der Waals surface area contributed by atoms with Gasteiger partial charge in [0.1, 0.15) is 0 Å². The zero-order valence-electron chi connectivity index (χ0n) is 17.6. The van der Waals surface area contributed by atoms with Crippen LogP contribution in [-0.2, 0) is 11.2 Å². The normalized spacial score (nSPS) is 19.9. The summed E-state index contributed by atoms with van der Waals surface area (Å²) in [5.74, 6) is 0.907. The number of para-hydroxylation sites is 1. The Hall–Kier alpha value is -3.04. The van der Waals surface area contributed by atoms with E-state index < -0.39 is 0 Å². The Bertz CT molecular complexity index is 1110. The summed E-state index contributed by atoms with van der Waals surface area (Å²) < 4.78 is 0. The summed E-state index contributed by atoms with van der Waals surface area (Å²) in [5, 5.41) is 5.50. The van der Waals surface area contributed by atoms with Gasteiger partial charge in [-0.25, -0.2) is 9.97 Å². The fraction of sp³-hybridized carbons (Fsp3) is 0.348. The Morgan fingerprint density at radius 3 is 2.81 bits per heavy atom. The van der Waals surface area contributed by atoms with Gasteiger partial charge in [0.05, 0.1) is 16.3 Å². The molecule has 4 heterocycles. The second-order valence-electron chi connectivity index (χ2n) is 8.18. The van der Waals surface area contributed by atoms with E-state index in [1.807, 2.05) is 6.07 Å². The topological polar surface area (TPSA) is 99.6 Å². The number of aliphatic imine (C=N–C) groups is 1. The lowest BCUT2D eigenvalue weighted by Gasteiger charge is -2.32. The van der Waals surface area contributed by atoms with Gasteiger partial charge in [-0.2, -0.15) is 0 Å². The van der Waals surface area contributed by atoms with Crippen molar-refractivity contribution < 1.29 is 9.59 Å². The molecule has 0 saturated carbocycles. The van der Waals surface area contributed by atoms with Gasteiger partial charge in [0.15, 0.2) is 0 Å². The number of aromatic nitrogens is 2. The largest absolute Gasteiger partial charge is 0.341 e. The zero-order valence-corrected chi connectivity index (χ0v) is 18.4. The van der Waals surface area contributed by atoms with Crippen molar-refractivity contribution >= 4 is 46.3 Å². The van der Waals surface area contributed by atoms with E-state index in [0.717, 1.165) is 62.9 Å². The number of fused-ring (bicyclic) bond motifs is 1. The van der Waals surface area contributed by atoms with E-state index in [0.29, 0.717) is 22.5 Å². The first-order valence-electron chi connectivity index (χ1n) is 10.8. The molecule has 2 amide bonds. The predicted octanol–water partition coefficient (Wildman–Crippen LogP) is 2.94. The lowest BCUT2D eigenvalue weighted by molar-refractivity contribution is -0.115. The van der Waals surface area contributed by atoms with Crippen molar-refractivity contribution in [2.24, 2.45) is 10.9 Å². The Morgan fingerprint density at radius 2 is 2.03 bits per heavy atom. The smallest absolute Gasteiger partial charge is 0.290 e. The van der Waals surface area contributed by atoms with Crippen molar-refractivity contribution in [2.75, 3.05) is 31.1 Å². The number of carbonyl (C=O) groups is 2. The molecule has 164 valence electrons. The average Bonchev–Trinajstić information content (AvgIpc) is 3.36. The number of piperidine rings is 1. The number of benzene rings is 1. The summed E-state index contributed by atoms with van der Waals surface area (Å²) in [6.45, 7) is 3.61. The summed E-state index contributed by atoms with van der Waals surface area (Å²) in [4.78, 5) is 39.3. The molecule has 1 aromatic carbocycles. The number of nitrogens with zero attached hydrogens (tertiary/aromatic N) is 4. The maximum atomic E-state index is 11.8. The molecule has 2 N–H and O–H groups in total. The maximum Gasteiger partial charge on any atom is 0.290 e. The van der Waals surface area contributed by atoms with Crippen molar-refractivity contribution in [2.45, 2.75) is 19.3 Å². The van der Waals surface area contributed by atoms with Crippen molar-refractivity contribution in [1.29, 1.82) is 0 Å². The first-order chi connectivity index (χ1) is 15.6. The molecular weight excluding hydrogens is 424 g/mol. The summed E-state index contributed by atoms with van der Waals surface area (Å²) in [6.07, 6.45) is 6.42. The van der Waals surface area contributed by atoms with E-state index in [-0.39, 0.29) is 11.1 Å². The number of hydrogen-bond donors (Lipinski definition) is 2. The molecule has 0 radical (unpaired) electrons. The van der Waals surface area contributed by atoms with Crippen molar-refractivity contribution in [1.82, 2.24) is 20.6 Å². The number of rotatable bonds is 6. The molecule has 0 aliphatic carbocycles. The molecule has 2 fully saturated rings.